The highest BCUT2D eigenvalue weighted by atomic mass is 16.6. The third-order valence-corrected chi connectivity index (χ3v) is 5.53. The van der Waals surface area contributed by atoms with E-state index in [1.165, 1.54) is 16.7 Å². The molecule has 1 aromatic heterocycles. The first-order valence-corrected chi connectivity index (χ1v) is 11.2. The van der Waals surface area contributed by atoms with Gasteiger partial charge in [-0.15, -0.1) is 0 Å². The van der Waals surface area contributed by atoms with E-state index in [2.05, 4.69) is 5.32 Å². The first-order valence-electron chi connectivity index (χ1n) is 11.2. The molecular formula is C26H23N3O7. The molecule has 0 aliphatic heterocycles. The monoisotopic (exact) mass is 489 g/mol. The molecular weight excluding hydrogens is 466 g/mol. The van der Waals surface area contributed by atoms with E-state index in [-0.39, 0.29) is 30.8 Å². The van der Waals surface area contributed by atoms with Crippen molar-refractivity contribution in [3.63, 3.8) is 0 Å². The molecule has 0 saturated carbocycles. The van der Waals surface area contributed by atoms with Gasteiger partial charge in [0.25, 0.3) is 11.6 Å². The van der Waals surface area contributed by atoms with Crippen molar-refractivity contribution >= 4 is 34.4 Å². The number of nitrogens with one attached hydrogen (secondary N) is 1. The lowest BCUT2D eigenvalue weighted by molar-refractivity contribution is -0.384. The number of nitrogens with zero attached hydrogens (tertiary/aromatic N) is 2. The zero-order chi connectivity index (χ0) is 25.7. The summed E-state index contributed by atoms with van der Waals surface area (Å²) in [5.74, 6) is -1.90. The molecule has 36 heavy (non-hydrogen) atoms. The second-order valence-corrected chi connectivity index (χ2v) is 8.14. The van der Waals surface area contributed by atoms with Crippen molar-refractivity contribution in [1.29, 1.82) is 0 Å². The number of hydrogen-bond acceptors (Lipinski definition) is 7. The molecule has 0 radical (unpaired) electrons. The number of carbonyl (C=O) groups is 2. The van der Waals surface area contributed by atoms with Crippen LogP contribution in [0.5, 0.6) is 0 Å². The fourth-order valence-corrected chi connectivity index (χ4v) is 3.80. The number of ether oxygens (including phenoxy) is 1. The zero-order valence-corrected chi connectivity index (χ0v) is 19.4. The minimum Gasteiger partial charge on any atom is -0.447 e. The number of amides is 1. The van der Waals surface area contributed by atoms with Crippen LogP contribution in [-0.2, 0) is 20.9 Å². The molecule has 0 aliphatic carbocycles. The van der Waals surface area contributed by atoms with Crippen LogP contribution in [0.25, 0.3) is 11.1 Å². The van der Waals surface area contributed by atoms with E-state index in [9.17, 15) is 24.5 Å². The number of carbonyl (C=O) groups excluding carboxylic acids is 2. The van der Waals surface area contributed by atoms with Gasteiger partial charge in [-0.25, -0.2) is 4.79 Å². The number of nitro benzene ring substituents is 1. The lowest BCUT2D eigenvalue weighted by Crippen LogP contribution is -2.26. The van der Waals surface area contributed by atoms with Gasteiger partial charge in [-0.1, -0.05) is 48.5 Å². The molecule has 4 aromatic rings. The fourth-order valence-electron chi connectivity index (χ4n) is 3.80. The lowest BCUT2D eigenvalue weighted by Gasteiger charge is -2.18. The Morgan fingerprint density at radius 3 is 2.56 bits per heavy atom. The van der Waals surface area contributed by atoms with Crippen molar-refractivity contribution in [2.75, 3.05) is 5.32 Å². The van der Waals surface area contributed by atoms with Crippen LogP contribution in [0.15, 0.2) is 82.0 Å². The van der Waals surface area contributed by atoms with E-state index in [0.717, 1.165) is 0 Å². The van der Waals surface area contributed by atoms with Crippen molar-refractivity contribution in [3.05, 3.63) is 105 Å². The number of aryl methyl sites for hydroxylation is 2. The highest BCUT2D eigenvalue weighted by Gasteiger charge is 2.27. The summed E-state index contributed by atoms with van der Waals surface area (Å²) in [6.07, 6.45) is -1.11. The van der Waals surface area contributed by atoms with Crippen LogP contribution in [0.1, 0.15) is 30.1 Å². The van der Waals surface area contributed by atoms with Gasteiger partial charge in [0.05, 0.1) is 10.4 Å². The van der Waals surface area contributed by atoms with Gasteiger partial charge in [0.2, 0.25) is 6.10 Å². The number of benzene rings is 3. The van der Waals surface area contributed by atoms with Gasteiger partial charge in [-0.2, -0.15) is 0 Å². The summed E-state index contributed by atoms with van der Waals surface area (Å²) in [6.45, 7) is 1.93. The summed E-state index contributed by atoms with van der Waals surface area (Å²) < 4.78 is 12.1. The Bertz CT molecular complexity index is 1470. The number of rotatable bonds is 9. The predicted octanol–water partition coefficient (Wildman–Crippen LogP) is 4.51. The Balaban J connectivity index is 1.46. The molecule has 184 valence electrons. The number of oxazole rings is 1. The van der Waals surface area contributed by atoms with E-state index in [0.29, 0.717) is 22.2 Å². The molecule has 0 saturated heterocycles. The molecule has 10 nitrogen and oxygen atoms in total. The third kappa shape index (κ3) is 5.49. The predicted molar refractivity (Wildman–Crippen MR) is 131 cm³/mol. The van der Waals surface area contributed by atoms with Crippen molar-refractivity contribution in [3.8, 4) is 0 Å². The average molecular weight is 489 g/mol. The third-order valence-electron chi connectivity index (χ3n) is 5.53. The SMILES string of the molecule is Cc1ccc(NC(=O)C(OC(=O)CCCn2c(=O)oc3ccccc32)c2ccccc2)c([N+](=O)[O-])c1. The van der Waals surface area contributed by atoms with Crippen molar-refractivity contribution < 1.29 is 23.7 Å². The van der Waals surface area contributed by atoms with E-state index >= 15 is 0 Å². The molecule has 10 heteroatoms. The summed E-state index contributed by atoms with van der Waals surface area (Å²) in [5.41, 5.74) is 1.89. The van der Waals surface area contributed by atoms with Gasteiger partial charge in [-0.05, 0) is 37.1 Å². The van der Waals surface area contributed by atoms with Crippen molar-refractivity contribution in [2.45, 2.75) is 32.4 Å². The fraction of sp³-hybridized carbons (Fsp3) is 0.192. The molecule has 0 aliphatic rings. The first-order chi connectivity index (χ1) is 17.3. The lowest BCUT2D eigenvalue weighted by atomic mass is 10.1. The molecule has 4 rings (SSSR count). The van der Waals surface area contributed by atoms with Crippen LogP contribution in [0.3, 0.4) is 0 Å². The van der Waals surface area contributed by atoms with E-state index in [1.54, 1.807) is 67.6 Å². The van der Waals surface area contributed by atoms with Crippen molar-refractivity contribution in [2.24, 2.45) is 0 Å². The minimum absolute atomic E-state index is 0.00112. The highest BCUT2D eigenvalue weighted by molar-refractivity contribution is 5.97. The molecule has 1 unspecified atom stereocenters. The Labute approximate surface area is 205 Å². The van der Waals surface area contributed by atoms with Gasteiger partial charge in [0.1, 0.15) is 5.69 Å². The quantitative estimate of drug-likeness (QED) is 0.208. The number of nitro groups is 1. The first kappa shape index (κ1) is 24.4. The standard InChI is InChI=1S/C26H23N3O7/c1-17-13-14-19(21(16-17)29(33)34)27-25(31)24(18-8-3-2-4-9-18)36-23(30)12-7-15-28-20-10-5-6-11-22(20)35-26(28)32/h2-6,8-11,13-14,16,24H,7,12,15H2,1H3,(H,27,31). The van der Waals surface area contributed by atoms with Crippen LogP contribution >= 0.6 is 0 Å². The summed E-state index contributed by atoms with van der Waals surface area (Å²) in [7, 11) is 0. The van der Waals surface area contributed by atoms with Gasteiger partial charge in [-0.3, -0.25) is 24.3 Å². The molecule has 0 bridgehead atoms. The highest BCUT2D eigenvalue weighted by Crippen LogP contribution is 2.28. The summed E-state index contributed by atoms with van der Waals surface area (Å²) in [5, 5.41) is 13.9. The number of fused-ring (bicyclic) bond motifs is 1. The van der Waals surface area contributed by atoms with E-state index in [4.69, 9.17) is 9.15 Å². The van der Waals surface area contributed by atoms with Crippen molar-refractivity contribution in [1.82, 2.24) is 4.57 Å². The van der Waals surface area contributed by atoms with Crippen LogP contribution in [0.2, 0.25) is 0 Å². The Kier molecular flexibility index (Phi) is 7.24. The molecule has 1 N–H and O–H groups in total. The number of esters is 1. The van der Waals surface area contributed by atoms with Gasteiger partial charge >= 0.3 is 11.7 Å². The smallest absolute Gasteiger partial charge is 0.419 e. The molecule has 0 spiro atoms. The zero-order valence-electron chi connectivity index (χ0n) is 19.4. The molecule has 1 atom stereocenters. The van der Waals surface area contributed by atoms with Crippen LogP contribution in [0.4, 0.5) is 11.4 Å². The Morgan fingerprint density at radius 1 is 1.08 bits per heavy atom. The maximum Gasteiger partial charge on any atom is 0.419 e. The molecule has 0 fully saturated rings. The van der Waals surface area contributed by atoms with E-state index < -0.39 is 28.7 Å². The minimum atomic E-state index is -1.32. The second kappa shape index (κ2) is 10.7. The Hall–Kier alpha value is -4.73. The second-order valence-electron chi connectivity index (χ2n) is 8.14. The summed E-state index contributed by atoms with van der Waals surface area (Å²) in [4.78, 5) is 48.7. The average Bonchev–Trinajstić information content (AvgIpc) is 3.19. The maximum atomic E-state index is 13.1. The molecule has 1 heterocycles. The number of aromatic nitrogens is 1. The van der Waals surface area contributed by atoms with Gasteiger partial charge in [0.15, 0.2) is 5.58 Å². The van der Waals surface area contributed by atoms with E-state index in [1.807, 2.05) is 0 Å². The number of para-hydroxylation sites is 2. The van der Waals surface area contributed by atoms with Crippen LogP contribution in [0, 0.1) is 17.0 Å². The summed E-state index contributed by atoms with van der Waals surface area (Å²) in [6, 6.07) is 19.8. The summed E-state index contributed by atoms with van der Waals surface area (Å²) >= 11 is 0. The number of anilines is 1. The van der Waals surface area contributed by atoms with Crippen LogP contribution < -0.4 is 11.1 Å². The largest absolute Gasteiger partial charge is 0.447 e. The molecule has 1 amide bonds. The molecule has 3 aromatic carbocycles. The topological polar surface area (TPSA) is 134 Å². The normalized spacial score (nSPS) is 11.7. The van der Waals surface area contributed by atoms with Gasteiger partial charge < -0.3 is 14.5 Å². The Morgan fingerprint density at radius 2 is 1.81 bits per heavy atom. The maximum absolute atomic E-state index is 13.1. The van der Waals surface area contributed by atoms with Gasteiger partial charge in [0, 0.05) is 24.6 Å². The number of hydrogen-bond donors (Lipinski definition) is 1. The van der Waals surface area contributed by atoms with Crippen LogP contribution in [-0.4, -0.2) is 21.4 Å².